The van der Waals surface area contributed by atoms with E-state index in [0.29, 0.717) is 6.42 Å². The Morgan fingerprint density at radius 3 is 2.13 bits per heavy atom. The predicted molar refractivity (Wildman–Crippen MR) is 115 cm³/mol. The second-order valence-electron chi connectivity index (χ2n) is 7.13. The molecule has 1 heterocycles. The number of fused-ring (bicyclic) bond motifs is 4. The van der Waals surface area contributed by atoms with E-state index in [4.69, 9.17) is 0 Å². The van der Waals surface area contributed by atoms with Gasteiger partial charge in [0.05, 0.1) is 9.79 Å². The predicted octanol–water partition coefficient (Wildman–Crippen LogP) is 4.63. The van der Waals surface area contributed by atoms with Crippen LogP contribution in [0.5, 0.6) is 0 Å². The highest BCUT2D eigenvalue weighted by molar-refractivity contribution is 7.86. The molecule has 4 aromatic rings. The van der Waals surface area contributed by atoms with Gasteiger partial charge < -0.3 is 0 Å². The first kappa shape index (κ1) is 19.4. The molecule has 1 aliphatic rings. The molecule has 5 rings (SSSR count). The lowest BCUT2D eigenvalue weighted by Gasteiger charge is -2.06. The van der Waals surface area contributed by atoms with Gasteiger partial charge in [-0.25, -0.2) is 0 Å². The molecule has 0 aliphatic heterocycles. The normalized spacial score (nSPS) is 13.4. The Morgan fingerprint density at radius 2 is 1.40 bits per heavy atom. The van der Waals surface area contributed by atoms with Crippen molar-refractivity contribution in [3.63, 3.8) is 0 Å². The van der Waals surface area contributed by atoms with Crippen molar-refractivity contribution < 1.29 is 25.9 Å². The SMILES string of the molecule is O=S(=O)(O)c1ccc2c(c1)Cc1ccc(-c3csc4cc(S(=O)(=O)O)ccc34)cc1-2. The summed E-state index contributed by atoms with van der Waals surface area (Å²) in [5.74, 6) is 0. The van der Waals surface area contributed by atoms with Gasteiger partial charge in [0.2, 0.25) is 0 Å². The molecule has 9 heteroatoms. The molecule has 2 N–H and O–H groups in total. The van der Waals surface area contributed by atoms with E-state index in [2.05, 4.69) is 0 Å². The first-order valence-electron chi connectivity index (χ1n) is 8.84. The van der Waals surface area contributed by atoms with E-state index in [0.717, 1.165) is 43.5 Å². The first-order valence-corrected chi connectivity index (χ1v) is 12.6. The van der Waals surface area contributed by atoms with Crippen LogP contribution in [0.3, 0.4) is 0 Å². The van der Waals surface area contributed by atoms with Gasteiger partial charge in [0, 0.05) is 15.6 Å². The minimum absolute atomic E-state index is 0.118. The molecule has 0 saturated heterocycles. The molecule has 30 heavy (non-hydrogen) atoms. The van der Waals surface area contributed by atoms with Gasteiger partial charge in [0.1, 0.15) is 0 Å². The third-order valence-corrected chi connectivity index (χ3v) is 7.96. The Hall–Kier alpha value is -2.56. The van der Waals surface area contributed by atoms with Crippen LogP contribution in [0.1, 0.15) is 11.1 Å². The minimum atomic E-state index is -4.26. The van der Waals surface area contributed by atoms with E-state index >= 15 is 0 Å². The Morgan fingerprint density at radius 1 is 0.700 bits per heavy atom. The van der Waals surface area contributed by atoms with E-state index in [1.807, 2.05) is 23.6 Å². The van der Waals surface area contributed by atoms with Crippen LogP contribution in [-0.4, -0.2) is 25.9 Å². The topological polar surface area (TPSA) is 109 Å². The number of rotatable bonds is 3. The van der Waals surface area contributed by atoms with Crippen LogP contribution in [0, 0.1) is 0 Å². The van der Waals surface area contributed by atoms with Crippen molar-refractivity contribution >= 4 is 41.7 Å². The van der Waals surface area contributed by atoms with Gasteiger partial charge in [-0.05, 0) is 69.9 Å². The number of hydrogen-bond acceptors (Lipinski definition) is 5. The van der Waals surface area contributed by atoms with E-state index in [1.165, 1.54) is 35.6 Å². The fourth-order valence-corrected chi connectivity index (χ4v) is 6.01. The van der Waals surface area contributed by atoms with Crippen LogP contribution in [0.15, 0.2) is 69.8 Å². The molecule has 3 aromatic carbocycles. The quantitative estimate of drug-likeness (QED) is 0.382. The van der Waals surface area contributed by atoms with E-state index in [1.54, 1.807) is 12.1 Å². The molecule has 1 aromatic heterocycles. The van der Waals surface area contributed by atoms with Crippen LogP contribution in [0.4, 0.5) is 0 Å². The molecule has 0 fully saturated rings. The summed E-state index contributed by atoms with van der Waals surface area (Å²) >= 11 is 1.39. The lowest BCUT2D eigenvalue weighted by atomic mass is 9.98. The van der Waals surface area contributed by atoms with Crippen molar-refractivity contribution in [1.29, 1.82) is 0 Å². The molecular weight excluding hydrogens is 444 g/mol. The lowest BCUT2D eigenvalue weighted by molar-refractivity contribution is 0.481. The van der Waals surface area contributed by atoms with E-state index in [9.17, 15) is 25.9 Å². The molecule has 6 nitrogen and oxygen atoms in total. The summed E-state index contributed by atoms with van der Waals surface area (Å²) in [4.78, 5) is -0.256. The third kappa shape index (κ3) is 3.15. The maximum atomic E-state index is 11.4. The molecule has 152 valence electrons. The maximum Gasteiger partial charge on any atom is 0.294 e. The van der Waals surface area contributed by atoms with Gasteiger partial charge >= 0.3 is 0 Å². The summed E-state index contributed by atoms with van der Waals surface area (Å²) in [7, 11) is -8.51. The largest absolute Gasteiger partial charge is 0.294 e. The Balaban J connectivity index is 1.61. The highest BCUT2D eigenvalue weighted by Crippen LogP contribution is 2.42. The summed E-state index contributed by atoms with van der Waals surface area (Å²) in [5.41, 5.74) is 5.72. The monoisotopic (exact) mass is 458 g/mol. The fraction of sp³-hybridized carbons (Fsp3) is 0.0476. The van der Waals surface area contributed by atoms with Gasteiger partial charge in [-0.1, -0.05) is 24.3 Å². The number of hydrogen-bond donors (Lipinski definition) is 2. The zero-order chi connectivity index (χ0) is 21.3. The zero-order valence-electron chi connectivity index (χ0n) is 15.2. The Labute approximate surface area is 176 Å². The zero-order valence-corrected chi connectivity index (χ0v) is 17.7. The van der Waals surface area contributed by atoms with Crippen molar-refractivity contribution in [2.24, 2.45) is 0 Å². The molecule has 0 bridgehead atoms. The van der Waals surface area contributed by atoms with Crippen LogP contribution in [0.2, 0.25) is 0 Å². The highest BCUT2D eigenvalue weighted by atomic mass is 32.2. The summed E-state index contributed by atoms with van der Waals surface area (Å²) in [6.07, 6.45) is 0.580. The van der Waals surface area contributed by atoms with Crippen LogP contribution in [0.25, 0.3) is 32.3 Å². The minimum Gasteiger partial charge on any atom is -0.282 e. The standard InChI is InChI=1S/C21H14O6S3/c22-29(23,24)15-3-5-17-14(8-15)7-12-1-2-13(9-19(12)17)20-11-28-21-10-16(30(25,26)27)4-6-18(20)21/h1-6,8-11H,7H2,(H,22,23,24)(H,25,26,27). The van der Waals surface area contributed by atoms with Crippen molar-refractivity contribution in [2.45, 2.75) is 16.2 Å². The van der Waals surface area contributed by atoms with Gasteiger partial charge in [-0.3, -0.25) is 9.11 Å². The molecule has 0 saturated carbocycles. The van der Waals surface area contributed by atoms with Gasteiger partial charge in [-0.15, -0.1) is 11.3 Å². The Bertz CT molecular complexity index is 1560. The molecule has 0 radical (unpaired) electrons. The van der Waals surface area contributed by atoms with Crippen molar-refractivity contribution in [1.82, 2.24) is 0 Å². The summed E-state index contributed by atoms with van der Waals surface area (Å²) in [6, 6.07) is 15.1. The van der Waals surface area contributed by atoms with Crippen molar-refractivity contribution in [3.8, 4) is 22.3 Å². The molecule has 0 amide bonds. The van der Waals surface area contributed by atoms with Crippen molar-refractivity contribution in [2.75, 3.05) is 0 Å². The van der Waals surface area contributed by atoms with E-state index in [-0.39, 0.29) is 9.79 Å². The highest BCUT2D eigenvalue weighted by Gasteiger charge is 2.22. The van der Waals surface area contributed by atoms with Crippen LogP contribution in [-0.2, 0) is 26.7 Å². The van der Waals surface area contributed by atoms with Crippen LogP contribution < -0.4 is 0 Å². The first-order chi connectivity index (χ1) is 14.1. The Kier molecular flexibility index (Phi) is 4.18. The summed E-state index contributed by atoms with van der Waals surface area (Å²) < 4.78 is 65.0. The summed E-state index contributed by atoms with van der Waals surface area (Å²) in [6.45, 7) is 0. The number of thiophene rings is 1. The molecule has 0 atom stereocenters. The second kappa shape index (κ2) is 6.47. The third-order valence-electron chi connectivity index (χ3n) is 5.31. The lowest BCUT2D eigenvalue weighted by Crippen LogP contribution is -1.98. The second-order valence-corrected chi connectivity index (χ2v) is 10.9. The molecule has 0 spiro atoms. The fourth-order valence-electron chi connectivity index (χ4n) is 3.89. The van der Waals surface area contributed by atoms with Gasteiger partial charge in [0.25, 0.3) is 20.2 Å². The van der Waals surface area contributed by atoms with Crippen LogP contribution >= 0.6 is 11.3 Å². The average molecular weight is 459 g/mol. The van der Waals surface area contributed by atoms with E-state index < -0.39 is 20.2 Å². The molecular formula is C21H14O6S3. The average Bonchev–Trinajstić information content (AvgIpc) is 3.26. The van der Waals surface area contributed by atoms with Crippen molar-refractivity contribution in [3.05, 3.63) is 71.1 Å². The smallest absolute Gasteiger partial charge is 0.282 e. The maximum absolute atomic E-state index is 11.4. The molecule has 1 aliphatic carbocycles. The summed E-state index contributed by atoms with van der Waals surface area (Å²) in [5, 5.41) is 2.82. The van der Waals surface area contributed by atoms with Gasteiger partial charge in [0.15, 0.2) is 0 Å². The van der Waals surface area contributed by atoms with Gasteiger partial charge in [-0.2, -0.15) is 16.8 Å². The molecule has 0 unspecified atom stereocenters. The number of benzene rings is 3.